The molecule has 0 atom stereocenters. The molecule has 0 N–H and O–H groups in total. The minimum Gasteiger partial charge on any atom is -0.311 e. The fraction of sp³-hybridized carbons (Fsp3) is 0.318. The van der Waals surface area contributed by atoms with Gasteiger partial charge in [-0.2, -0.15) is 0 Å². The van der Waals surface area contributed by atoms with Crippen molar-refractivity contribution >= 4 is 11.6 Å². The Balaban J connectivity index is 1.65. The first-order chi connectivity index (χ1) is 12.6. The zero-order valence-corrected chi connectivity index (χ0v) is 15.5. The molecular weight excluding hydrogens is 322 g/mol. The highest BCUT2D eigenvalue weighted by Gasteiger charge is 2.16. The molecule has 1 amide bonds. The zero-order chi connectivity index (χ0) is 18.5. The lowest BCUT2D eigenvalue weighted by molar-refractivity contribution is 0.0993. The van der Waals surface area contributed by atoms with Crippen LogP contribution in [0.25, 0.3) is 0 Å². The second-order valence-electron chi connectivity index (χ2n) is 6.84. The molecule has 1 aliphatic heterocycles. The van der Waals surface area contributed by atoms with Crippen molar-refractivity contribution in [3.63, 3.8) is 0 Å². The Kier molecular flexibility index (Phi) is 5.72. The fourth-order valence-corrected chi connectivity index (χ4v) is 3.13. The summed E-state index contributed by atoms with van der Waals surface area (Å²) in [5.74, 6) is 2.57. The molecule has 1 heterocycles. The van der Waals surface area contributed by atoms with E-state index in [4.69, 9.17) is 6.42 Å². The third-order valence-corrected chi connectivity index (χ3v) is 4.91. The second kappa shape index (κ2) is 8.18. The number of terminal acetylenes is 1. The predicted octanol–water partition coefficient (Wildman–Crippen LogP) is 2.69. The smallest absolute Gasteiger partial charge is 0.258 e. The molecule has 1 saturated heterocycles. The van der Waals surface area contributed by atoms with Gasteiger partial charge in [0, 0.05) is 56.6 Å². The van der Waals surface area contributed by atoms with E-state index in [0.29, 0.717) is 5.56 Å². The van der Waals surface area contributed by atoms with Gasteiger partial charge in [-0.1, -0.05) is 24.1 Å². The van der Waals surface area contributed by atoms with Crippen LogP contribution in [-0.2, 0) is 6.54 Å². The van der Waals surface area contributed by atoms with Gasteiger partial charge in [-0.25, -0.2) is 0 Å². The summed E-state index contributed by atoms with van der Waals surface area (Å²) in [5, 5.41) is 0. The molecule has 0 saturated carbocycles. The number of anilines is 1. The van der Waals surface area contributed by atoms with Gasteiger partial charge in [-0.3, -0.25) is 9.69 Å². The molecule has 1 aliphatic rings. The van der Waals surface area contributed by atoms with Crippen LogP contribution in [-0.4, -0.2) is 56.0 Å². The van der Waals surface area contributed by atoms with E-state index in [2.05, 4.69) is 34.9 Å². The largest absolute Gasteiger partial charge is 0.311 e. The van der Waals surface area contributed by atoms with E-state index < -0.39 is 0 Å². The maximum Gasteiger partial charge on any atom is 0.258 e. The molecular formula is C22H25N3O. The summed E-state index contributed by atoms with van der Waals surface area (Å²) in [6.45, 7) is 5.33. The van der Waals surface area contributed by atoms with E-state index in [-0.39, 0.29) is 5.91 Å². The lowest BCUT2D eigenvalue weighted by Crippen LogP contribution is -2.43. The number of piperazine rings is 1. The van der Waals surface area contributed by atoms with Gasteiger partial charge in [-0.05, 0) is 42.9 Å². The van der Waals surface area contributed by atoms with Gasteiger partial charge in [0.05, 0.1) is 0 Å². The molecule has 0 spiro atoms. The Morgan fingerprint density at radius 2 is 1.81 bits per heavy atom. The van der Waals surface area contributed by atoms with E-state index in [9.17, 15) is 4.79 Å². The van der Waals surface area contributed by atoms with Gasteiger partial charge in [0.25, 0.3) is 5.91 Å². The van der Waals surface area contributed by atoms with Gasteiger partial charge in [0.2, 0.25) is 0 Å². The molecule has 0 aliphatic carbocycles. The second-order valence-corrected chi connectivity index (χ2v) is 6.84. The molecule has 2 aromatic rings. The first kappa shape index (κ1) is 18.2. The first-order valence-electron chi connectivity index (χ1n) is 8.91. The number of hydrogen-bond donors (Lipinski definition) is 0. The van der Waals surface area contributed by atoms with E-state index in [0.717, 1.165) is 44.0 Å². The highest BCUT2D eigenvalue weighted by molar-refractivity contribution is 6.05. The van der Waals surface area contributed by atoms with Crippen LogP contribution < -0.4 is 4.90 Å². The summed E-state index contributed by atoms with van der Waals surface area (Å²) in [5.41, 5.74) is 3.49. The number of carbonyl (C=O) groups is 1. The molecule has 26 heavy (non-hydrogen) atoms. The lowest BCUT2D eigenvalue weighted by Gasteiger charge is -2.32. The minimum absolute atomic E-state index is 0.0367. The van der Waals surface area contributed by atoms with Crippen LogP contribution in [0.2, 0.25) is 0 Å². The third-order valence-electron chi connectivity index (χ3n) is 4.91. The van der Waals surface area contributed by atoms with Gasteiger partial charge in [-0.15, -0.1) is 6.42 Å². The number of hydrogen-bond acceptors (Lipinski definition) is 3. The van der Waals surface area contributed by atoms with E-state index >= 15 is 0 Å². The Bertz CT molecular complexity index is 799. The fourth-order valence-electron chi connectivity index (χ4n) is 3.13. The number of nitrogens with zero attached hydrogens (tertiary/aromatic N) is 3. The highest BCUT2D eigenvalue weighted by atomic mass is 16.2. The quantitative estimate of drug-likeness (QED) is 0.796. The summed E-state index contributed by atoms with van der Waals surface area (Å²) in [6.07, 6.45) is 5.45. The number of likely N-dealkylation sites (N-methyl/N-ethyl adjacent to an activating group) is 1. The van der Waals surface area contributed by atoms with Crippen LogP contribution in [0.4, 0.5) is 5.69 Å². The number of amides is 1. The lowest BCUT2D eigenvalue weighted by atomic mass is 10.1. The highest BCUT2D eigenvalue weighted by Crippen LogP contribution is 2.18. The van der Waals surface area contributed by atoms with E-state index in [1.54, 1.807) is 11.9 Å². The molecule has 4 nitrogen and oxygen atoms in total. The number of rotatable bonds is 4. The van der Waals surface area contributed by atoms with Crippen LogP contribution in [0.1, 0.15) is 21.5 Å². The average Bonchev–Trinajstić information content (AvgIpc) is 2.69. The topological polar surface area (TPSA) is 26.8 Å². The normalized spacial score (nSPS) is 15.4. The van der Waals surface area contributed by atoms with Crippen LogP contribution >= 0.6 is 0 Å². The van der Waals surface area contributed by atoms with Gasteiger partial charge in [0.15, 0.2) is 0 Å². The standard InChI is InChI=1S/C22H25N3O/c1-4-18-6-5-7-21(16-18)24(3)22(26)20-10-8-19(9-11-20)17-25-14-12-23(2)13-15-25/h1,5-11,16H,12-15,17H2,2-3H3. The van der Waals surface area contributed by atoms with E-state index in [1.165, 1.54) is 5.56 Å². The van der Waals surface area contributed by atoms with Gasteiger partial charge < -0.3 is 9.80 Å². The van der Waals surface area contributed by atoms with Crippen molar-refractivity contribution < 1.29 is 4.79 Å². The van der Waals surface area contributed by atoms with Gasteiger partial charge in [0.1, 0.15) is 0 Å². The van der Waals surface area contributed by atoms with Gasteiger partial charge >= 0.3 is 0 Å². The van der Waals surface area contributed by atoms with Crippen molar-refractivity contribution in [2.24, 2.45) is 0 Å². The molecule has 134 valence electrons. The van der Waals surface area contributed by atoms with Crippen molar-refractivity contribution in [3.05, 3.63) is 65.2 Å². The number of benzene rings is 2. The van der Waals surface area contributed by atoms with Crippen molar-refractivity contribution in [1.82, 2.24) is 9.80 Å². The van der Waals surface area contributed by atoms with Crippen LogP contribution in [0.15, 0.2) is 48.5 Å². The average molecular weight is 347 g/mol. The van der Waals surface area contributed by atoms with Crippen LogP contribution in [0.3, 0.4) is 0 Å². The molecule has 0 radical (unpaired) electrons. The minimum atomic E-state index is -0.0367. The molecule has 0 aromatic heterocycles. The van der Waals surface area contributed by atoms with Crippen LogP contribution in [0.5, 0.6) is 0 Å². The molecule has 0 bridgehead atoms. The summed E-state index contributed by atoms with van der Waals surface area (Å²) in [6, 6.07) is 15.4. The van der Waals surface area contributed by atoms with Crippen molar-refractivity contribution in [2.45, 2.75) is 6.54 Å². The Hall–Kier alpha value is -2.61. The molecule has 0 unspecified atom stereocenters. The summed E-state index contributed by atoms with van der Waals surface area (Å²) in [4.78, 5) is 19.2. The molecule has 2 aromatic carbocycles. The predicted molar refractivity (Wildman–Crippen MR) is 106 cm³/mol. The third kappa shape index (κ3) is 4.32. The molecule has 3 rings (SSSR count). The maximum atomic E-state index is 12.7. The van der Waals surface area contributed by atoms with Crippen molar-refractivity contribution in [3.8, 4) is 12.3 Å². The summed E-state index contributed by atoms with van der Waals surface area (Å²) < 4.78 is 0. The summed E-state index contributed by atoms with van der Waals surface area (Å²) >= 11 is 0. The van der Waals surface area contributed by atoms with Crippen LogP contribution in [0, 0.1) is 12.3 Å². The molecule has 1 fully saturated rings. The number of carbonyl (C=O) groups excluding carboxylic acids is 1. The Morgan fingerprint density at radius 1 is 1.12 bits per heavy atom. The Morgan fingerprint density at radius 3 is 2.46 bits per heavy atom. The van der Waals surface area contributed by atoms with Crippen molar-refractivity contribution in [1.29, 1.82) is 0 Å². The zero-order valence-electron chi connectivity index (χ0n) is 15.5. The maximum absolute atomic E-state index is 12.7. The van der Waals surface area contributed by atoms with E-state index in [1.807, 2.05) is 36.4 Å². The molecule has 4 heteroatoms. The first-order valence-corrected chi connectivity index (χ1v) is 8.91. The Labute approximate surface area is 156 Å². The summed E-state index contributed by atoms with van der Waals surface area (Å²) in [7, 11) is 3.93. The monoisotopic (exact) mass is 347 g/mol. The van der Waals surface area contributed by atoms with Crippen molar-refractivity contribution in [2.75, 3.05) is 45.2 Å². The SMILES string of the molecule is C#Cc1cccc(N(C)C(=O)c2ccc(CN3CCN(C)CC3)cc2)c1.